The second-order valence-corrected chi connectivity index (χ2v) is 13.4. The van der Waals surface area contributed by atoms with Gasteiger partial charge >= 0.3 is 5.97 Å². The van der Waals surface area contributed by atoms with E-state index < -0.39 is 16.0 Å². The molecule has 0 fully saturated rings. The Hall–Kier alpha value is -3.80. The molecule has 4 aromatic rings. The number of nitrogens with one attached hydrogen (secondary N) is 2. The Balaban J connectivity index is 1.64. The molecule has 0 unspecified atom stereocenters. The van der Waals surface area contributed by atoms with E-state index in [9.17, 15) is 18.3 Å². The summed E-state index contributed by atoms with van der Waals surface area (Å²) in [5.41, 5.74) is 4.25. The fourth-order valence-electron chi connectivity index (χ4n) is 4.70. The van der Waals surface area contributed by atoms with E-state index in [1.165, 1.54) is 18.2 Å². The van der Waals surface area contributed by atoms with Gasteiger partial charge in [0.25, 0.3) is 10.0 Å². The maximum atomic E-state index is 13.3. The minimum atomic E-state index is -4.20. The van der Waals surface area contributed by atoms with Crippen LogP contribution in [-0.2, 0) is 16.6 Å². The van der Waals surface area contributed by atoms with Crippen molar-refractivity contribution in [2.75, 3.05) is 11.3 Å². The molecule has 43 heavy (non-hydrogen) atoms. The smallest absolute Gasteiger partial charge is 0.335 e. The maximum absolute atomic E-state index is 13.3. The molecule has 0 saturated carbocycles. The number of aryl methyl sites for hydroxylation is 2. The highest BCUT2D eigenvalue weighted by atomic mass is 79.9. The summed E-state index contributed by atoms with van der Waals surface area (Å²) >= 11 is 3.47. The van der Waals surface area contributed by atoms with Crippen LogP contribution in [0.25, 0.3) is 11.3 Å². The number of halogens is 1. The molecule has 0 aliphatic rings. The zero-order valence-electron chi connectivity index (χ0n) is 24.5. The third kappa shape index (κ3) is 8.85. The van der Waals surface area contributed by atoms with Crippen LogP contribution in [0.3, 0.4) is 0 Å². The minimum Gasteiger partial charge on any atom is -0.478 e. The third-order valence-corrected chi connectivity index (χ3v) is 8.61. The number of nitrogens with zero attached hydrogens (tertiary/aromatic N) is 2. The van der Waals surface area contributed by atoms with E-state index in [1.54, 1.807) is 6.07 Å². The van der Waals surface area contributed by atoms with Crippen LogP contribution in [0.4, 0.5) is 5.95 Å². The average Bonchev–Trinajstić information content (AvgIpc) is 2.95. The van der Waals surface area contributed by atoms with Crippen molar-refractivity contribution in [1.82, 2.24) is 15.3 Å². The number of carbonyl (C=O) groups is 1. The highest BCUT2D eigenvalue weighted by Crippen LogP contribution is 2.29. The fraction of sp³-hybridized carbons (Fsp3) is 0.281. The fourth-order valence-corrected chi connectivity index (χ4v) is 5.95. The van der Waals surface area contributed by atoms with E-state index in [2.05, 4.69) is 61.9 Å². The van der Waals surface area contributed by atoms with Crippen LogP contribution in [0.5, 0.6) is 5.88 Å². The Morgan fingerprint density at radius 3 is 2.30 bits per heavy atom. The van der Waals surface area contributed by atoms with Crippen molar-refractivity contribution in [2.45, 2.75) is 51.6 Å². The summed E-state index contributed by atoms with van der Waals surface area (Å²) in [6.45, 7) is 9.15. The van der Waals surface area contributed by atoms with Gasteiger partial charge < -0.3 is 15.2 Å². The summed E-state index contributed by atoms with van der Waals surface area (Å²) < 4.78 is 36.2. The predicted octanol–water partition coefficient (Wildman–Crippen LogP) is 6.61. The molecule has 0 bridgehead atoms. The van der Waals surface area contributed by atoms with Gasteiger partial charge in [-0.15, -0.1) is 0 Å². The Bertz CT molecular complexity index is 1670. The number of anilines is 1. The first-order valence-corrected chi connectivity index (χ1v) is 16.1. The predicted molar refractivity (Wildman–Crippen MR) is 171 cm³/mol. The standard InChI is InChI=1S/C32H35BrN4O5S/c1-20(2)15-26(34-18-23-11-13-25(33)14-12-23)19-42-29-17-28(30-21(3)7-5-8-22(30)4)35-32(36-29)37-43(40,41)27-10-6-9-24(16-27)31(38)39/h5-14,16-17,20,26,34H,15,18-19H2,1-4H3,(H,38,39)(H,35,36,37)/t26-/m1/s1. The van der Waals surface area contributed by atoms with E-state index in [-0.39, 0.29) is 28.3 Å². The molecule has 3 aromatic carbocycles. The quantitative estimate of drug-likeness (QED) is 0.145. The third-order valence-electron chi connectivity index (χ3n) is 6.75. The zero-order valence-corrected chi connectivity index (χ0v) is 26.9. The van der Waals surface area contributed by atoms with Crippen LogP contribution in [0.2, 0.25) is 0 Å². The van der Waals surface area contributed by atoms with E-state index in [0.29, 0.717) is 24.8 Å². The van der Waals surface area contributed by atoms with Gasteiger partial charge in [0.1, 0.15) is 6.61 Å². The number of aromatic carboxylic acids is 1. The topological polar surface area (TPSA) is 131 Å². The Labute approximate surface area is 260 Å². The lowest BCUT2D eigenvalue weighted by Gasteiger charge is -2.21. The molecule has 1 aromatic heterocycles. The van der Waals surface area contributed by atoms with Crippen LogP contribution in [-0.4, -0.2) is 42.1 Å². The summed E-state index contributed by atoms with van der Waals surface area (Å²) in [5, 5.41) is 12.9. The van der Waals surface area contributed by atoms with Crippen LogP contribution in [0.1, 0.15) is 47.3 Å². The molecule has 0 radical (unpaired) electrons. The number of benzene rings is 3. The van der Waals surface area contributed by atoms with Crippen molar-refractivity contribution >= 4 is 37.9 Å². The van der Waals surface area contributed by atoms with Gasteiger partial charge in [0, 0.05) is 28.7 Å². The molecule has 0 amide bonds. The molecule has 1 heterocycles. The van der Waals surface area contributed by atoms with Crippen LogP contribution >= 0.6 is 15.9 Å². The summed E-state index contributed by atoms with van der Waals surface area (Å²) in [5.74, 6) is -0.792. The van der Waals surface area contributed by atoms with Crippen molar-refractivity contribution in [2.24, 2.45) is 5.92 Å². The van der Waals surface area contributed by atoms with Gasteiger partial charge in [-0.1, -0.05) is 66.2 Å². The molecule has 11 heteroatoms. The number of hydrogen-bond donors (Lipinski definition) is 3. The molecule has 0 aliphatic heterocycles. The summed E-state index contributed by atoms with van der Waals surface area (Å²) in [6.07, 6.45) is 0.852. The molecule has 4 rings (SSSR count). The lowest BCUT2D eigenvalue weighted by molar-refractivity contribution is 0.0696. The Morgan fingerprint density at radius 1 is 0.977 bits per heavy atom. The largest absolute Gasteiger partial charge is 0.478 e. The molecule has 0 spiro atoms. The Kier molecular flexibility index (Phi) is 10.5. The van der Waals surface area contributed by atoms with E-state index >= 15 is 0 Å². The number of sulfonamides is 1. The molecular formula is C32H35BrN4O5S. The summed E-state index contributed by atoms with van der Waals surface area (Å²) in [6, 6.07) is 20.8. The number of aromatic nitrogens is 2. The molecule has 0 aliphatic carbocycles. The van der Waals surface area contributed by atoms with Gasteiger partial charge in [-0.2, -0.15) is 4.98 Å². The molecule has 226 valence electrons. The van der Waals surface area contributed by atoms with Crippen molar-refractivity contribution in [3.63, 3.8) is 0 Å². The normalized spacial score (nSPS) is 12.2. The van der Waals surface area contributed by atoms with Crippen molar-refractivity contribution in [3.05, 3.63) is 99.5 Å². The highest BCUT2D eigenvalue weighted by Gasteiger charge is 2.21. The molecule has 0 saturated heterocycles. The SMILES string of the molecule is Cc1cccc(C)c1-c1cc(OC[C@@H](CC(C)C)NCc2ccc(Br)cc2)nc(NS(=O)(=O)c2cccc(C(=O)O)c2)n1. The van der Waals surface area contributed by atoms with Gasteiger partial charge in [0.05, 0.1) is 16.2 Å². The van der Waals surface area contributed by atoms with Gasteiger partial charge in [0.2, 0.25) is 11.8 Å². The second kappa shape index (κ2) is 14.1. The van der Waals surface area contributed by atoms with Crippen molar-refractivity contribution in [3.8, 4) is 17.1 Å². The number of carboxylic acids is 1. The first kappa shape index (κ1) is 32.1. The highest BCUT2D eigenvalue weighted by molar-refractivity contribution is 9.10. The average molecular weight is 668 g/mol. The number of ether oxygens (including phenoxy) is 1. The van der Waals surface area contributed by atoms with Gasteiger partial charge in [-0.3, -0.25) is 0 Å². The Morgan fingerprint density at radius 2 is 1.65 bits per heavy atom. The summed E-state index contributed by atoms with van der Waals surface area (Å²) in [7, 11) is -4.20. The minimum absolute atomic E-state index is 0.00107. The van der Waals surface area contributed by atoms with Crippen molar-refractivity contribution in [1.29, 1.82) is 0 Å². The molecule has 1 atom stereocenters. The first-order valence-electron chi connectivity index (χ1n) is 13.8. The first-order chi connectivity index (χ1) is 20.4. The molecular weight excluding hydrogens is 632 g/mol. The number of hydrogen-bond acceptors (Lipinski definition) is 7. The molecule has 9 nitrogen and oxygen atoms in total. The lowest BCUT2D eigenvalue weighted by atomic mass is 10.00. The van der Waals surface area contributed by atoms with Gasteiger partial charge in [0.15, 0.2) is 0 Å². The maximum Gasteiger partial charge on any atom is 0.335 e. The number of carboxylic acid groups (broad SMARTS) is 1. The van der Waals surface area contributed by atoms with Crippen molar-refractivity contribution < 1.29 is 23.1 Å². The molecule has 3 N–H and O–H groups in total. The van der Waals surface area contributed by atoms with Gasteiger partial charge in [-0.05, 0) is 73.2 Å². The van der Waals surface area contributed by atoms with E-state index in [1.807, 2.05) is 44.2 Å². The second-order valence-electron chi connectivity index (χ2n) is 10.8. The zero-order chi connectivity index (χ0) is 31.1. The number of rotatable bonds is 13. The summed E-state index contributed by atoms with van der Waals surface area (Å²) in [4.78, 5) is 20.1. The van der Waals surface area contributed by atoms with Gasteiger partial charge in [-0.25, -0.2) is 22.9 Å². The van der Waals surface area contributed by atoms with E-state index in [0.717, 1.165) is 39.2 Å². The van der Waals surface area contributed by atoms with E-state index in [4.69, 9.17) is 4.74 Å². The monoisotopic (exact) mass is 666 g/mol. The van der Waals surface area contributed by atoms with Crippen LogP contribution in [0.15, 0.2) is 82.2 Å². The van der Waals surface area contributed by atoms with Crippen LogP contribution < -0.4 is 14.8 Å². The lowest BCUT2D eigenvalue weighted by Crippen LogP contribution is -2.35. The van der Waals surface area contributed by atoms with Crippen LogP contribution in [0, 0.1) is 19.8 Å².